The molecule has 2 aliphatic rings. The van der Waals surface area contributed by atoms with Crippen LogP contribution in [-0.2, 0) is 11.2 Å². The molecule has 0 saturated carbocycles. The Bertz CT molecular complexity index is 1020. The zero-order valence-electron chi connectivity index (χ0n) is 16.5. The van der Waals surface area contributed by atoms with Gasteiger partial charge in [0.1, 0.15) is 29.2 Å². The van der Waals surface area contributed by atoms with E-state index in [-0.39, 0.29) is 54.5 Å². The second kappa shape index (κ2) is 7.76. The summed E-state index contributed by atoms with van der Waals surface area (Å²) in [6.45, 7) is -2.69. The molecule has 2 aromatic carbocycles. The van der Waals surface area contributed by atoms with E-state index in [1.807, 2.05) is 0 Å². The van der Waals surface area contributed by atoms with Gasteiger partial charge in [-0.05, 0) is 35.7 Å². The van der Waals surface area contributed by atoms with Crippen LogP contribution >= 0.6 is 0 Å². The molecule has 4 rings (SSSR count). The van der Waals surface area contributed by atoms with E-state index in [2.05, 4.69) is 0 Å². The van der Waals surface area contributed by atoms with E-state index in [9.17, 15) is 29.9 Å². The molecule has 0 radical (unpaired) electrons. The third kappa shape index (κ3) is 4.15. The molecule has 0 aliphatic carbocycles. The summed E-state index contributed by atoms with van der Waals surface area (Å²) >= 11 is 0. The number of carbonyl (C=O) groups excluding carboxylic acids is 1. The van der Waals surface area contributed by atoms with Gasteiger partial charge in [0, 0.05) is 0 Å². The highest BCUT2D eigenvalue weighted by molar-refractivity contribution is 6.59. The number of aromatic hydroxyl groups is 1. The smallest absolute Gasteiger partial charge is 0.430 e. The van der Waals surface area contributed by atoms with Crippen molar-refractivity contribution < 1.29 is 39.2 Å². The number of fused-ring (bicyclic) bond motifs is 1. The SMILES string of the molecule is N[C@@H](C(=O)N1CC(Oc2ccc3c(c2C(=O)O)O[B-](O)(O)CC3)C1)c1ccc(O)cc1. The van der Waals surface area contributed by atoms with Crippen LogP contribution in [0.25, 0.3) is 0 Å². The van der Waals surface area contributed by atoms with Gasteiger partial charge in [0.05, 0.1) is 18.8 Å². The van der Waals surface area contributed by atoms with Gasteiger partial charge in [0.2, 0.25) is 5.91 Å². The minimum absolute atomic E-state index is 0.0206. The van der Waals surface area contributed by atoms with E-state index >= 15 is 0 Å². The Morgan fingerprint density at radius 1 is 1.16 bits per heavy atom. The van der Waals surface area contributed by atoms with Gasteiger partial charge in [-0.3, -0.25) is 4.79 Å². The van der Waals surface area contributed by atoms with E-state index < -0.39 is 24.9 Å². The number of carboxylic acids is 1. The van der Waals surface area contributed by atoms with Gasteiger partial charge in [-0.15, -0.1) is 0 Å². The van der Waals surface area contributed by atoms with Crippen molar-refractivity contribution in [3.8, 4) is 17.2 Å². The quantitative estimate of drug-likeness (QED) is 0.419. The summed E-state index contributed by atoms with van der Waals surface area (Å²) < 4.78 is 10.9. The van der Waals surface area contributed by atoms with Crippen molar-refractivity contribution in [2.75, 3.05) is 13.1 Å². The fourth-order valence-electron chi connectivity index (χ4n) is 3.72. The largest absolute Gasteiger partial charge is 0.669 e. The zero-order chi connectivity index (χ0) is 22.3. The van der Waals surface area contributed by atoms with Gasteiger partial charge in [0.25, 0.3) is 0 Å². The van der Waals surface area contributed by atoms with Gasteiger partial charge in [-0.2, -0.15) is 0 Å². The molecule has 2 aliphatic heterocycles. The second-order valence-corrected chi connectivity index (χ2v) is 7.80. The molecule has 11 heteroatoms. The highest BCUT2D eigenvalue weighted by Gasteiger charge is 2.37. The monoisotopic (exact) mass is 429 g/mol. The Kier molecular flexibility index (Phi) is 5.25. The van der Waals surface area contributed by atoms with Crippen molar-refractivity contribution in [3.05, 3.63) is 53.1 Å². The van der Waals surface area contributed by atoms with Crippen LogP contribution in [0.4, 0.5) is 0 Å². The minimum Gasteiger partial charge on any atom is -0.669 e. The molecule has 0 bridgehead atoms. The fraction of sp³-hybridized carbons (Fsp3) is 0.300. The maximum absolute atomic E-state index is 12.6. The molecule has 1 amide bonds. The Morgan fingerprint density at radius 3 is 2.48 bits per heavy atom. The molecule has 164 valence electrons. The Labute approximate surface area is 177 Å². The Hall–Kier alpha value is -3.28. The van der Waals surface area contributed by atoms with Crippen LogP contribution in [0.5, 0.6) is 17.2 Å². The number of rotatable bonds is 5. The number of phenolic OH excluding ortho intramolecular Hbond substituents is 1. The number of benzene rings is 2. The zero-order valence-corrected chi connectivity index (χ0v) is 16.5. The first-order valence-electron chi connectivity index (χ1n) is 9.83. The van der Waals surface area contributed by atoms with Crippen molar-refractivity contribution in [2.45, 2.75) is 24.9 Å². The number of carboxylic acid groups (broad SMARTS) is 1. The lowest BCUT2D eigenvalue weighted by atomic mass is 9.70. The van der Waals surface area contributed by atoms with Crippen LogP contribution in [0.1, 0.15) is 27.5 Å². The lowest BCUT2D eigenvalue weighted by Gasteiger charge is -2.41. The third-order valence-electron chi connectivity index (χ3n) is 5.48. The number of nitrogens with two attached hydrogens (primary N) is 1. The first-order chi connectivity index (χ1) is 14.6. The average molecular weight is 429 g/mol. The topological polar surface area (TPSA) is 163 Å². The normalized spacial score (nSPS) is 18.4. The van der Waals surface area contributed by atoms with Crippen LogP contribution in [-0.4, -0.2) is 63.0 Å². The third-order valence-corrected chi connectivity index (χ3v) is 5.48. The summed E-state index contributed by atoms with van der Waals surface area (Å²) in [5.74, 6) is -1.64. The van der Waals surface area contributed by atoms with Crippen LogP contribution in [0.3, 0.4) is 0 Å². The number of nitrogens with zero attached hydrogens (tertiary/aromatic N) is 1. The summed E-state index contributed by atoms with van der Waals surface area (Å²) in [5.41, 5.74) is 6.84. The summed E-state index contributed by atoms with van der Waals surface area (Å²) in [4.78, 5) is 25.9. The first kappa shape index (κ1) is 21.0. The maximum Gasteiger partial charge on any atom is 0.430 e. The number of amides is 1. The van der Waals surface area contributed by atoms with E-state index in [4.69, 9.17) is 15.1 Å². The standard InChI is InChI=1S/C20H22BN2O8/c22-17(11-1-4-13(24)5-2-11)19(25)23-9-14(10-23)30-15-6-3-12-7-8-21(28,29)31-18(12)16(15)20(26)27/h1-6,14,17,24,28-29H,7-10,22H2,(H,26,27)/q-1/t17-/m1/s1. The molecule has 0 unspecified atom stereocenters. The molecule has 2 aromatic rings. The van der Waals surface area contributed by atoms with Crippen LogP contribution in [0.15, 0.2) is 36.4 Å². The predicted octanol–water partition coefficient (Wildman–Crippen LogP) is 0.238. The second-order valence-electron chi connectivity index (χ2n) is 7.80. The van der Waals surface area contributed by atoms with Gasteiger partial charge >= 0.3 is 12.7 Å². The minimum atomic E-state index is -3.12. The number of aromatic carboxylic acids is 1. The molecule has 0 aromatic heterocycles. The molecule has 31 heavy (non-hydrogen) atoms. The van der Waals surface area contributed by atoms with Gasteiger partial charge in [-0.25, -0.2) is 4.79 Å². The molecule has 1 saturated heterocycles. The van der Waals surface area contributed by atoms with Crippen molar-refractivity contribution in [1.82, 2.24) is 4.90 Å². The molecule has 1 fully saturated rings. The number of hydrogen-bond donors (Lipinski definition) is 5. The van der Waals surface area contributed by atoms with Gasteiger partial charge in [0.15, 0.2) is 0 Å². The molecule has 1 atom stereocenters. The van der Waals surface area contributed by atoms with Crippen LogP contribution in [0, 0.1) is 0 Å². The van der Waals surface area contributed by atoms with E-state index in [0.717, 1.165) is 0 Å². The van der Waals surface area contributed by atoms with E-state index in [0.29, 0.717) is 11.1 Å². The average Bonchev–Trinajstić information content (AvgIpc) is 2.68. The van der Waals surface area contributed by atoms with E-state index in [1.165, 1.54) is 23.1 Å². The van der Waals surface area contributed by atoms with Crippen molar-refractivity contribution >= 4 is 18.6 Å². The predicted molar refractivity (Wildman–Crippen MR) is 109 cm³/mol. The fourth-order valence-corrected chi connectivity index (χ4v) is 3.72. The molecule has 6 N–H and O–H groups in total. The number of carbonyl (C=O) groups is 2. The molecular formula is C20H22BN2O8-. The highest BCUT2D eigenvalue weighted by atomic mass is 16.6. The summed E-state index contributed by atoms with van der Waals surface area (Å²) in [6.07, 6.45) is -0.203. The molecule has 0 spiro atoms. The lowest BCUT2D eigenvalue weighted by molar-refractivity contribution is -0.141. The number of hydrogen-bond acceptors (Lipinski definition) is 8. The molecule has 2 heterocycles. The van der Waals surface area contributed by atoms with Crippen molar-refractivity contribution in [1.29, 1.82) is 0 Å². The Balaban J connectivity index is 1.44. The summed E-state index contributed by atoms with van der Waals surface area (Å²) in [7, 11) is 0. The molecule has 10 nitrogen and oxygen atoms in total. The lowest BCUT2D eigenvalue weighted by Crippen LogP contribution is -2.58. The number of likely N-dealkylation sites (tertiary alicyclic amines) is 1. The van der Waals surface area contributed by atoms with Crippen LogP contribution < -0.4 is 15.1 Å². The molecular weight excluding hydrogens is 407 g/mol. The maximum atomic E-state index is 12.6. The van der Waals surface area contributed by atoms with Crippen molar-refractivity contribution in [2.24, 2.45) is 5.73 Å². The van der Waals surface area contributed by atoms with Gasteiger partial charge < -0.3 is 40.3 Å². The van der Waals surface area contributed by atoms with Crippen molar-refractivity contribution in [3.63, 3.8) is 0 Å². The summed E-state index contributed by atoms with van der Waals surface area (Å²) in [5, 5.41) is 38.6. The first-order valence-corrected chi connectivity index (χ1v) is 9.83. The van der Waals surface area contributed by atoms with Gasteiger partial charge in [-0.1, -0.05) is 24.5 Å². The van der Waals surface area contributed by atoms with E-state index in [1.54, 1.807) is 18.2 Å². The Morgan fingerprint density at radius 2 is 1.84 bits per heavy atom. The van der Waals surface area contributed by atoms with Crippen LogP contribution in [0.2, 0.25) is 6.32 Å². The number of aryl methyl sites for hydroxylation is 1. The number of ether oxygens (including phenoxy) is 1. The number of phenols is 1. The highest BCUT2D eigenvalue weighted by Crippen LogP contribution is 2.39. The summed E-state index contributed by atoms with van der Waals surface area (Å²) in [6, 6.07) is 8.29.